The fourth-order valence-electron chi connectivity index (χ4n) is 3.86. The number of ether oxygens (including phenoxy) is 1. The number of Topliss-reactive ketones (excluding diaryl/α,β-unsaturated/α-hetero) is 1. The van der Waals surface area contributed by atoms with E-state index in [-0.39, 0.29) is 10.7 Å². The molecule has 0 unspecified atom stereocenters. The Morgan fingerprint density at radius 3 is 2.58 bits per heavy atom. The fourth-order valence-corrected chi connectivity index (χ4v) is 4.06. The van der Waals surface area contributed by atoms with E-state index in [0.29, 0.717) is 48.2 Å². The molecular weight excluding hydrogens is 416 g/mol. The first-order valence-electron chi connectivity index (χ1n) is 9.75. The van der Waals surface area contributed by atoms with Gasteiger partial charge in [0.15, 0.2) is 5.15 Å². The molecule has 0 saturated carbocycles. The van der Waals surface area contributed by atoms with E-state index in [1.54, 1.807) is 0 Å². The number of aromatic amines is 1. The Kier molecular flexibility index (Phi) is 5.74. The van der Waals surface area contributed by atoms with Gasteiger partial charge in [-0.15, -0.1) is 0 Å². The van der Waals surface area contributed by atoms with Crippen LogP contribution in [0.25, 0.3) is 16.5 Å². The summed E-state index contributed by atoms with van der Waals surface area (Å²) in [7, 11) is 1.46. The normalized spacial score (nSPS) is 13.7. The molecule has 8 heteroatoms. The summed E-state index contributed by atoms with van der Waals surface area (Å²) < 4.78 is 5.30. The number of aromatic nitrogens is 2. The fraction of sp³-hybridized carbons (Fsp3) is 0.217. The lowest BCUT2D eigenvalue weighted by atomic mass is 9.93. The van der Waals surface area contributed by atoms with E-state index in [2.05, 4.69) is 16.0 Å². The Hall–Kier alpha value is -3.63. The molecule has 0 spiro atoms. The minimum atomic E-state index is -0.636. The molecule has 31 heavy (non-hydrogen) atoms. The third-order valence-electron chi connectivity index (χ3n) is 5.47. The van der Waals surface area contributed by atoms with Crippen molar-refractivity contribution in [2.45, 2.75) is 12.8 Å². The summed E-state index contributed by atoms with van der Waals surface area (Å²) in [4.78, 5) is 34.4. The topological polar surface area (TPSA) is 99.1 Å². The zero-order valence-corrected chi connectivity index (χ0v) is 17.6. The number of nitriles is 1. The van der Waals surface area contributed by atoms with Gasteiger partial charge in [0.05, 0.1) is 41.4 Å². The van der Waals surface area contributed by atoms with Crippen LogP contribution < -0.4 is 4.74 Å². The molecule has 3 aromatic rings. The molecule has 7 nitrogen and oxygen atoms in total. The van der Waals surface area contributed by atoms with Gasteiger partial charge in [0.1, 0.15) is 5.75 Å². The lowest BCUT2D eigenvalue weighted by molar-refractivity contribution is -0.126. The van der Waals surface area contributed by atoms with Crippen LogP contribution in [0.2, 0.25) is 5.15 Å². The molecular formula is C23H19ClN4O3. The number of methoxy groups -OCH3 is 1. The number of ketones is 1. The van der Waals surface area contributed by atoms with Crippen LogP contribution in [-0.4, -0.2) is 46.8 Å². The number of amides is 1. The monoisotopic (exact) mass is 434 g/mol. The van der Waals surface area contributed by atoms with Crippen LogP contribution in [0.4, 0.5) is 0 Å². The number of carbonyl (C=O) groups is 2. The summed E-state index contributed by atoms with van der Waals surface area (Å²) in [6.07, 6.45) is 3.97. The largest absolute Gasteiger partial charge is 0.494 e. The Morgan fingerprint density at radius 1 is 1.23 bits per heavy atom. The number of likely N-dealkylation sites (tertiary alicyclic amines) is 1. The molecule has 4 rings (SSSR count). The van der Waals surface area contributed by atoms with Gasteiger partial charge in [-0.3, -0.25) is 9.59 Å². The first-order valence-corrected chi connectivity index (χ1v) is 10.1. The van der Waals surface area contributed by atoms with Crippen molar-refractivity contribution in [3.63, 3.8) is 0 Å². The lowest BCUT2D eigenvalue weighted by Gasteiger charge is -2.28. The summed E-state index contributed by atoms with van der Waals surface area (Å²) in [5.74, 6) is -0.863. The first kappa shape index (κ1) is 20.6. The number of nitrogens with one attached hydrogen (secondary N) is 1. The summed E-state index contributed by atoms with van der Waals surface area (Å²) in [5, 5.41) is 10.3. The van der Waals surface area contributed by atoms with Gasteiger partial charge in [-0.25, -0.2) is 4.98 Å². The number of rotatable bonds is 4. The summed E-state index contributed by atoms with van der Waals surface area (Å²) in [6.45, 7) is 0.749. The van der Waals surface area contributed by atoms with Crippen molar-refractivity contribution in [1.82, 2.24) is 14.9 Å². The van der Waals surface area contributed by atoms with Crippen LogP contribution >= 0.6 is 11.6 Å². The van der Waals surface area contributed by atoms with E-state index in [9.17, 15) is 14.9 Å². The van der Waals surface area contributed by atoms with E-state index in [0.717, 1.165) is 11.1 Å². The molecule has 0 radical (unpaired) electrons. The Labute approximate surface area is 183 Å². The van der Waals surface area contributed by atoms with Crippen molar-refractivity contribution in [3.05, 3.63) is 64.6 Å². The second kappa shape index (κ2) is 8.62. The molecule has 1 saturated heterocycles. The maximum atomic E-state index is 13.0. The highest BCUT2D eigenvalue weighted by Gasteiger charge is 2.29. The number of nitrogens with zero attached hydrogens (tertiary/aromatic N) is 3. The number of benzene rings is 1. The van der Waals surface area contributed by atoms with E-state index < -0.39 is 11.7 Å². The Balaban J connectivity index is 1.55. The molecule has 1 aromatic carbocycles. The average molecular weight is 435 g/mol. The molecule has 2 aromatic heterocycles. The quantitative estimate of drug-likeness (QED) is 0.289. The molecule has 1 fully saturated rings. The highest BCUT2D eigenvalue weighted by Crippen LogP contribution is 2.33. The van der Waals surface area contributed by atoms with Crippen molar-refractivity contribution < 1.29 is 14.3 Å². The maximum absolute atomic E-state index is 13.0. The maximum Gasteiger partial charge on any atom is 0.295 e. The van der Waals surface area contributed by atoms with E-state index in [1.165, 1.54) is 24.4 Å². The molecule has 1 aliphatic rings. The van der Waals surface area contributed by atoms with Crippen molar-refractivity contribution in [2.75, 3.05) is 20.2 Å². The highest BCUT2D eigenvalue weighted by atomic mass is 35.5. The molecule has 0 atom stereocenters. The van der Waals surface area contributed by atoms with Crippen LogP contribution in [0.5, 0.6) is 5.75 Å². The SMILES string of the molecule is COc1cnc(Cl)c2[nH]cc(C(=O)C(=O)N3CCC(=C(C#N)c4ccccc4)CC3)c12. The Bertz CT molecular complexity index is 1230. The van der Waals surface area contributed by atoms with Crippen LogP contribution in [0.3, 0.4) is 0 Å². The smallest absolute Gasteiger partial charge is 0.295 e. The van der Waals surface area contributed by atoms with Crippen molar-refractivity contribution >= 4 is 39.8 Å². The standard InChI is InChI=1S/C23H19ClN4O3/c1-31-18-13-27-22(24)20-19(18)17(12-26-20)21(29)23(30)28-9-7-15(8-10-28)16(11-25)14-5-3-2-4-6-14/h2-6,12-13,26H,7-10H2,1H3. The number of hydrogen-bond acceptors (Lipinski definition) is 5. The third kappa shape index (κ3) is 3.78. The van der Waals surface area contributed by atoms with Gasteiger partial charge in [-0.2, -0.15) is 5.26 Å². The number of H-pyrrole nitrogens is 1. The van der Waals surface area contributed by atoms with Crippen molar-refractivity contribution in [1.29, 1.82) is 5.26 Å². The predicted octanol–water partition coefficient (Wildman–Crippen LogP) is 4.01. The summed E-state index contributed by atoms with van der Waals surface area (Å²) in [5.41, 5.74) is 3.15. The number of pyridine rings is 1. The first-order chi connectivity index (χ1) is 15.0. The molecule has 1 amide bonds. The van der Waals surface area contributed by atoms with Crippen LogP contribution in [0.1, 0.15) is 28.8 Å². The number of halogens is 1. The number of carbonyl (C=O) groups excluding carboxylic acids is 2. The van der Waals surface area contributed by atoms with Crippen LogP contribution in [0, 0.1) is 11.3 Å². The highest BCUT2D eigenvalue weighted by molar-refractivity contribution is 6.45. The van der Waals surface area contributed by atoms with Crippen molar-refractivity contribution in [3.8, 4) is 11.8 Å². The molecule has 3 heterocycles. The summed E-state index contributed by atoms with van der Waals surface area (Å²) in [6, 6.07) is 11.8. The molecule has 1 N–H and O–H groups in total. The van der Waals surface area contributed by atoms with Gasteiger partial charge in [0.25, 0.3) is 11.7 Å². The minimum absolute atomic E-state index is 0.194. The van der Waals surface area contributed by atoms with Gasteiger partial charge in [0, 0.05) is 19.3 Å². The van der Waals surface area contributed by atoms with E-state index >= 15 is 0 Å². The van der Waals surface area contributed by atoms with Crippen molar-refractivity contribution in [2.24, 2.45) is 0 Å². The number of fused-ring (bicyclic) bond motifs is 1. The third-order valence-corrected chi connectivity index (χ3v) is 5.76. The molecule has 156 valence electrons. The van der Waals surface area contributed by atoms with E-state index in [4.69, 9.17) is 16.3 Å². The minimum Gasteiger partial charge on any atom is -0.494 e. The molecule has 0 bridgehead atoms. The van der Waals surface area contributed by atoms with E-state index in [1.807, 2.05) is 30.3 Å². The van der Waals surface area contributed by atoms with Gasteiger partial charge in [-0.05, 0) is 24.0 Å². The number of piperidine rings is 1. The van der Waals surface area contributed by atoms with Gasteiger partial charge in [-0.1, -0.05) is 41.9 Å². The zero-order valence-electron chi connectivity index (χ0n) is 16.8. The molecule has 1 aliphatic heterocycles. The summed E-state index contributed by atoms with van der Waals surface area (Å²) >= 11 is 6.11. The average Bonchev–Trinajstić information content (AvgIpc) is 3.26. The lowest BCUT2D eigenvalue weighted by Crippen LogP contribution is -2.40. The second-order valence-electron chi connectivity index (χ2n) is 7.15. The predicted molar refractivity (Wildman–Crippen MR) is 117 cm³/mol. The van der Waals surface area contributed by atoms with Crippen LogP contribution in [0.15, 0.2) is 48.3 Å². The van der Waals surface area contributed by atoms with Gasteiger partial charge in [0.2, 0.25) is 0 Å². The second-order valence-corrected chi connectivity index (χ2v) is 7.51. The van der Waals surface area contributed by atoms with Gasteiger partial charge < -0.3 is 14.6 Å². The Morgan fingerprint density at radius 2 is 1.94 bits per heavy atom. The zero-order chi connectivity index (χ0) is 22.0. The number of hydrogen-bond donors (Lipinski definition) is 1. The van der Waals surface area contributed by atoms with Gasteiger partial charge >= 0.3 is 0 Å². The number of allylic oxidation sites excluding steroid dienone is 1. The molecule has 0 aliphatic carbocycles. The van der Waals surface area contributed by atoms with Crippen LogP contribution in [-0.2, 0) is 4.79 Å².